The fourth-order valence-electron chi connectivity index (χ4n) is 4.94. The van der Waals surface area contributed by atoms with Crippen molar-refractivity contribution in [3.05, 3.63) is 90.0 Å². The van der Waals surface area contributed by atoms with E-state index in [2.05, 4.69) is 24.0 Å². The number of ether oxygens (including phenoxy) is 1. The smallest absolute Gasteiger partial charge is 0.224 e. The summed E-state index contributed by atoms with van der Waals surface area (Å²) in [7, 11) is 1.64. The van der Waals surface area contributed by atoms with E-state index < -0.39 is 0 Å². The van der Waals surface area contributed by atoms with Gasteiger partial charge in [-0.05, 0) is 61.2 Å². The maximum absolute atomic E-state index is 12.8. The number of carbonyl (C=O) groups excluding carboxylic acids is 2. The van der Waals surface area contributed by atoms with E-state index >= 15 is 0 Å². The number of nitrogens with zero attached hydrogens (tertiary/aromatic N) is 2. The van der Waals surface area contributed by atoms with Crippen molar-refractivity contribution in [2.24, 2.45) is 0 Å². The Morgan fingerprint density at radius 2 is 1.73 bits per heavy atom. The van der Waals surface area contributed by atoms with Gasteiger partial charge in [0.2, 0.25) is 5.91 Å². The lowest BCUT2D eigenvalue weighted by Gasteiger charge is -2.46. The van der Waals surface area contributed by atoms with Crippen LogP contribution in [-0.4, -0.2) is 31.4 Å². The Morgan fingerprint density at radius 1 is 1.06 bits per heavy atom. The van der Waals surface area contributed by atoms with Gasteiger partial charge in [-0.15, -0.1) is 0 Å². The molecule has 3 unspecified atom stereocenters. The number of hydrogen-bond acceptors (Lipinski definition) is 4. The highest BCUT2D eigenvalue weighted by molar-refractivity contribution is 5.93. The Labute approximate surface area is 195 Å². The number of anilines is 2. The zero-order valence-corrected chi connectivity index (χ0v) is 19.3. The fourth-order valence-corrected chi connectivity index (χ4v) is 4.94. The molecule has 0 N–H and O–H groups in total. The summed E-state index contributed by atoms with van der Waals surface area (Å²) in [4.78, 5) is 29.2. The van der Waals surface area contributed by atoms with Crippen LogP contribution in [-0.2, 0) is 16.0 Å². The summed E-state index contributed by atoms with van der Waals surface area (Å²) in [6.45, 7) is 3.75. The average Bonchev–Trinajstić information content (AvgIpc) is 2.84. The molecular weight excluding hydrogens is 412 g/mol. The Kier molecular flexibility index (Phi) is 6.78. The molecule has 1 aliphatic rings. The number of carbonyl (C=O) groups is 2. The van der Waals surface area contributed by atoms with E-state index in [1.165, 1.54) is 0 Å². The van der Waals surface area contributed by atoms with Crippen LogP contribution in [0.15, 0.2) is 78.9 Å². The van der Waals surface area contributed by atoms with Crippen LogP contribution in [0.3, 0.4) is 0 Å². The summed E-state index contributed by atoms with van der Waals surface area (Å²) in [5.41, 5.74) is 4.04. The molecule has 3 atom stereocenters. The van der Waals surface area contributed by atoms with Crippen molar-refractivity contribution in [1.29, 1.82) is 0 Å². The summed E-state index contributed by atoms with van der Waals surface area (Å²) in [6.07, 6.45) is 2.38. The summed E-state index contributed by atoms with van der Waals surface area (Å²) >= 11 is 0. The molecule has 0 aliphatic carbocycles. The van der Waals surface area contributed by atoms with Crippen LogP contribution in [0.1, 0.15) is 37.4 Å². The molecule has 4 rings (SSSR count). The molecule has 5 heteroatoms. The summed E-state index contributed by atoms with van der Waals surface area (Å²) < 4.78 is 5.26. The number of methoxy groups -OCH3 is 1. The van der Waals surface area contributed by atoms with Gasteiger partial charge in [0.15, 0.2) is 0 Å². The van der Waals surface area contributed by atoms with Gasteiger partial charge >= 0.3 is 0 Å². The molecule has 5 nitrogen and oxygen atoms in total. The molecule has 0 saturated carbocycles. The van der Waals surface area contributed by atoms with Crippen LogP contribution in [0, 0.1) is 0 Å². The molecular formula is C28H30N2O3. The van der Waals surface area contributed by atoms with Crippen molar-refractivity contribution < 1.29 is 14.3 Å². The molecule has 0 bridgehead atoms. The first kappa shape index (κ1) is 22.6. The molecule has 0 aromatic heterocycles. The van der Waals surface area contributed by atoms with E-state index in [-0.39, 0.29) is 24.0 Å². The number of rotatable bonds is 7. The van der Waals surface area contributed by atoms with Gasteiger partial charge in [-0.1, -0.05) is 48.5 Å². The van der Waals surface area contributed by atoms with E-state index in [9.17, 15) is 9.59 Å². The number of para-hydroxylation sites is 2. The zero-order valence-electron chi connectivity index (χ0n) is 19.3. The Morgan fingerprint density at radius 3 is 2.36 bits per heavy atom. The molecule has 3 aromatic carbocycles. The van der Waals surface area contributed by atoms with E-state index in [0.29, 0.717) is 6.42 Å². The third-order valence-electron chi connectivity index (χ3n) is 6.42. The first-order valence-electron chi connectivity index (χ1n) is 11.3. The molecule has 1 heterocycles. The van der Waals surface area contributed by atoms with Crippen molar-refractivity contribution in [1.82, 2.24) is 0 Å². The lowest BCUT2D eigenvalue weighted by molar-refractivity contribution is -0.117. The monoisotopic (exact) mass is 442 g/mol. The van der Waals surface area contributed by atoms with Gasteiger partial charge in [-0.3, -0.25) is 4.79 Å². The Balaban J connectivity index is 1.70. The number of hydrogen-bond donors (Lipinski definition) is 0. The van der Waals surface area contributed by atoms with Gasteiger partial charge in [0.1, 0.15) is 12.0 Å². The Bertz CT molecular complexity index is 1100. The van der Waals surface area contributed by atoms with Gasteiger partial charge in [0, 0.05) is 24.3 Å². The lowest BCUT2D eigenvalue weighted by atomic mass is 9.88. The maximum Gasteiger partial charge on any atom is 0.224 e. The van der Waals surface area contributed by atoms with Gasteiger partial charge in [0.05, 0.1) is 19.2 Å². The van der Waals surface area contributed by atoms with Crippen LogP contribution in [0.5, 0.6) is 5.75 Å². The number of fused-ring (bicyclic) bond motifs is 1. The second kappa shape index (κ2) is 9.90. The van der Waals surface area contributed by atoms with Gasteiger partial charge in [0.25, 0.3) is 0 Å². The van der Waals surface area contributed by atoms with Crippen LogP contribution >= 0.6 is 0 Å². The molecule has 0 fully saturated rings. The van der Waals surface area contributed by atoms with E-state index in [1.807, 2.05) is 71.6 Å². The summed E-state index contributed by atoms with van der Waals surface area (Å²) in [6, 6.07) is 25.5. The van der Waals surface area contributed by atoms with Crippen molar-refractivity contribution >= 4 is 23.6 Å². The SMILES string of the molecule is COc1ccc(CC(C=O)N2c3ccccc3C(N(C(C)=O)c3ccccc3)CC2C)cc1. The topological polar surface area (TPSA) is 49.9 Å². The largest absolute Gasteiger partial charge is 0.497 e. The summed E-state index contributed by atoms with van der Waals surface area (Å²) in [5.74, 6) is 0.804. The predicted octanol–water partition coefficient (Wildman–Crippen LogP) is 5.20. The summed E-state index contributed by atoms with van der Waals surface area (Å²) in [5, 5.41) is 0. The van der Waals surface area contributed by atoms with Crippen molar-refractivity contribution in [2.45, 2.75) is 44.8 Å². The predicted molar refractivity (Wildman–Crippen MR) is 132 cm³/mol. The van der Waals surface area contributed by atoms with E-state index in [0.717, 1.165) is 41.0 Å². The highest BCUT2D eigenvalue weighted by Gasteiger charge is 2.37. The fraction of sp³-hybridized carbons (Fsp3) is 0.286. The highest BCUT2D eigenvalue weighted by Crippen LogP contribution is 2.43. The Hall–Kier alpha value is -3.60. The number of benzene rings is 3. The average molecular weight is 443 g/mol. The van der Waals surface area contributed by atoms with E-state index in [4.69, 9.17) is 4.74 Å². The lowest BCUT2D eigenvalue weighted by Crippen LogP contribution is -2.50. The quantitative estimate of drug-likeness (QED) is 0.472. The molecule has 0 saturated heterocycles. The number of aldehydes is 1. The molecule has 33 heavy (non-hydrogen) atoms. The minimum Gasteiger partial charge on any atom is -0.497 e. The first-order valence-corrected chi connectivity index (χ1v) is 11.3. The minimum absolute atomic E-state index is 0.00632. The van der Waals surface area contributed by atoms with Crippen LogP contribution in [0.4, 0.5) is 11.4 Å². The van der Waals surface area contributed by atoms with Crippen LogP contribution < -0.4 is 14.5 Å². The second-order valence-electron chi connectivity index (χ2n) is 8.55. The van der Waals surface area contributed by atoms with Gasteiger partial charge in [-0.2, -0.15) is 0 Å². The maximum atomic E-state index is 12.8. The molecule has 170 valence electrons. The minimum atomic E-state index is -0.307. The third kappa shape index (κ3) is 4.63. The van der Waals surface area contributed by atoms with Crippen molar-refractivity contribution in [3.63, 3.8) is 0 Å². The first-order chi connectivity index (χ1) is 16.0. The zero-order chi connectivity index (χ0) is 23.4. The normalized spacial score (nSPS) is 18.2. The van der Waals surface area contributed by atoms with Crippen molar-refractivity contribution in [3.8, 4) is 5.75 Å². The van der Waals surface area contributed by atoms with Gasteiger partial charge in [-0.25, -0.2) is 0 Å². The standard InChI is InChI=1S/C28H30N2O3/c1-20-17-28(30(21(2)32)23-9-5-4-6-10-23)26-11-7-8-12-27(26)29(20)24(19-31)18-22-13-15-25(33-3)16-14-22/h4-16,19-20,24,28H,17-18H2,1-3H3. The molecule has 0 spiro atoms. The molecule has 0 radical (unpaired) electrons. The highest BCUT2D eigenvalue weighted by atomic mass is 16.5. The molecule has 1 aliphatic heterocycles. The van der Waals surface area contributed by atoms with E-state index in [1.54, 1.807) is 14.0 Å². The second-order valence-corrected chi connectivity index (χ2v) is 8.55. The van der Waals surface area contributed by atoms with Gasteiger partial charge < -0.3 is 19.3 Å². The number of amides is 1. The third-order valence-corrected chi connectivity index (χ3v) is 6.42. The van der Waals surface area contributed by atoms with Crippen LogP contribution in [0.2, 0.25) is 0 Å². The van der Waals surface area contributed by atoms with Crippen LogP contribution in [0.25, 0.3) is 0 Å². The molecule has 3 aromatic rings. The van der Waals surface area contributed by atoms with Crippen molar-refractivity contribution in [2.75, 3.05) is 16.9 Å². The molecule has 1 amide bonds.